The molecular weight excluding hydrogens is 110 g/mol. The minimum atomic E-state index is -1.12. The van der Waals surface area contributed by atoms with E-state index in [-0.39, 0.29) is 0 Å². The van der Waals surface area contributed by atoms with Gasteiger partial charge in [-0.2, -0.15) is 4.68 Å². The Labute approximate surface area is 44.5 Å². The molecule has 0 fully saturated rings. The third-order valence-electron chi connectivity index (χ3n) is 0.619. The lowest BCUT2D eigenvalue weighted by Gasteiger charge is -1.83. The Bertz CT molecular complexity index is 180. The predicted molar refractivity (Wildman–Crippen MR) is 23.4 cm³/mol. The zero-order chi connectivity index (χ0) is 5.98. The second kappa shape index (κ2) is 1.61. The summed E-state index contributed by atoms with van der Waals surface area (Å²) >= 11 is 0. The van der Waals surface area contributed by atoms with E-state index in [1.165, 1.54) is 12.4 Å². The number of rotatable bonds is 0. The van der Waals surface area contributed by atoms with Crippen LogP contribution in [0.25, 0.3) is 0 Å². The maximum Gasteiger partial charge on any atom is 0.433 e. The van der Waals surface area contributed by atoms with Gasteiger partial charge in [0.15, 0.2) is 0 Å². The quantitative estimate of drug-likeness (QED) is 0.506. The van der Waals surface area contributed by atoms with Crippen LogP contribution in [0.15, 0.2) is 12.4 Å². The first kappa shape index (κ1) is 4.76. The summed E-state index contributed by atoms with van der Waals surface area (Å²) in [6, 6.07) is 0. The molecule has 1 rings (SSSR count). The number of hydrogen-bond acceptors (Lipinski definition) is 3. The average molecular weight is 113 g/mol. The monoisotopic (exact) mass is 113 g/mol. The highest BCUT2D eigenvalue weighted by Crippen LogP contribution is 1.76. The molecule has 0 saturated carbocycles. The van der Waals surface area contributed by atoms with E-state index >= 15 is 0 Å². The molecule has 0 aliphatic rings. The molecule has 0 aliphatic heterocycles. The van der Waals surface area contributed by atoms with Crippen LogP contribution in [0, 0.1) is 0 Å². The fraction of sp³-hybridized carbons (Fsp3) is 0. The molecule has 8 heavy (non-hydrogen) atoms. The van der Waals surface area contributed by atoms with Gasteiger partial charge >= 0.3 is 6.09 Å². The van der Waals surface area contributed by atoms with Crippen LogP contribution in [-0.2, 0) is 0 Å². The van der Waals surface area contributed by atoms with Crippen LogP contribution < -0.4 is 0 Å². The van der Waals surface area contributed by atoms with Crippen LogP contribution in [0.4, 0.5) is 4.79 Å². The van der Waals surface area contributed by atoms with Crippen LogP contribution in [0.2, 0.25) is 0 Å². The van der Waals surface area contributed by atoms with E-state index in [2.05, 4.69) is 10.3 Å². The van der Waals surface area contributed by atoms with Gasteiger partial charge < -0.3 is 5.11 Å². The van der Waals surface area contributed by atoms with Crippen molar-refractivity contribution in [3.05, 3.63) is 12.4 Å². The second-order valence-corrected chi connectivity index (χ2v) is 1.13. The Balaban J connectivity index is 2.93. The first-order valence-corrected chi connectivity index (χ1v) is 1.90. The van der Waals surface area contributed by atoms with E-state index in [4.69, 9.17) is 5.11 Å². The molecule has 0 aromatic carbocycles. The first-order chi connectivity index (χ1) is 3.80. The lowest BCUT2D eigenvalue weighted by Crippen LogP contribution is -2.07. The molecule has 0 bridgehead atoms. The zero-order valence-electron chi connectivity index (χ0n) is 3.85. The summed E-state index contributed by atoms with van der Waals surface area (Å²) in [6.07, 6.45) is 1.43. The van der Waals surface area contributed by atoms with Gasteiger partial charge in [-0.15, -0.1) is 5.10 Å². The smallest absolute Gasteiger partial charge is 0.433 e. The number of hydrogen-bond donors (Lipinski definition) is 1. The van der Waals surface area contributed by atoms with Crippen molar-refractivity contribution in [2.75, 3.05) is 0 Å². The van der Waals surface area contributed by atoms with Gasteiger partial charge in [-0.05, 0) is 0 Å². The van der Waals surface area contributed by atoms with Crippen LogP contribution >= 0.6 is 0 Å². The van der Waals surface area contributed by atoms with Crippen molar-refractivity contribution in [1.29, 1.82) is 0 Å². The molecule has 1 heterocycles. The molecule has 0 saturated heterocycles. The normalized spacial score (nSPS) is 9.00. The van der Waals surface area contributed by atoms with Gasteiger partial charge in [0.25, 0.3) is 0 Å². The van der Waals surface area contributed by atoms with Crippen molar-refractivity contribution >= 4 is 6.09 Å². The molecule has 0 radical (unpaired) electrons. The van der Waals surface area contributed by atoms with Gasteiger partial charge in [-0.1, -0.05) is 5.21 Å². The molecule has 0 spiro atoms. The van der Waals surface area contributed by atoms with Gasteiger partial charge in [-0.25, -0.2) is 4.79 Å². The van der Waals surface area contributed by atoms with E-state index in [9.17, 15) is 4.79 Å². The third-order valence-corrected chi connectivity index (χ3v) is 0.619. The lowest BCUT2D eigenvalue weighted by molar-refractivity contribution is 0.192. The number of carbonyl (C=O) groups is 1. The van der Waals surface area contributed by atoms with E-state index < -0.39 is 6.09 Å². The van der Waals surface area contributed by atoms with Gasteiger partial charge in [0.05, 0.1) is 12.4 Å². The molecule has 1 aromatic rings. The number of carboxylic acid groups (broad SMARTS) is 1. The average Bonchev–Trinajstić information content (AvgIpc) is 2.12. The fourth-order valence-corrected chi connectivity index (χ4v) is 0.310. The molecule has 0 atom stereocenters. The SMILES string of the molecule is O=C(O)n1ccnn1. The van der Waals surface area contributed by atoms with Crippen molar-refractivity contribution in [1.82, 2.24) is 15.0 Å². The Morgan fingerprint density at radius 1 is 1.75 bits per heavy atom. The number of aromatic nitrogens is 3. The Morgan fingerprint density at radius 2 is 2.50 bits per heavy atom. The van der Waals surface area contributed by atoms with E-state index in [1.807, 2.05) is 0 Å². The van der Waals surface area contributed by atoms with E-state index in [0.29, 0.717) is 0 Å². The minimum absolute atomic E-state index is 0.722. The molecule has 5 heteroatoms. The van der Waals surface area contributed by atoms with Gasteiger partial charge in [0.1, 0.15) is 0 Å². The standard InChI is InChI=1S/C3H3N3O2/c7-3(8)6-2-1-4-5-6/h1-2H,(H,7,8). The van der Waals surface area contributed by atoms with E-state index in [1.54, 1.807) is 0 Å². The second-order valence-electron chi connectivity index (χ2n) is 1.13. The van der Waals surface area contributed by atoms with Crippen molar-refractivity contribution < 1.29 is 9.90 Å². The molecule has 5 nitrogen and oxygen atoms in total. The summed E-state index contributed by atoms with van der Waals surface area (Å²) in [6.45, 7) is 0. The van der Waals surface area contributed by atoms with Crippen molar-refractivity contribution in [2.45, 2.75) is 0 Å². The third kappa shape index (κ3) is 0.651. The summed E-state index contributed by atoms with van der Waals surface area (Å²) in [5, 5.41) is 14.6. The van der Waals surface area contributed by atoms with Crippen molar-refractivity contribution in [3.63, 3.8) is 0 Å². The maximum atomic E-state index is 9.92. The summed E-state index contributed by atoms with van der Waals surface area (Å²) < 4.78 is 0.722. The highest BCUT2D eigenvalue weighted by atomic mass is 16.4. The van der Waals surface area contributed by atoms with Gasteiger partial charge in [0.2, 0.25) is 0 Å². The zero-order valence-corrected chi connectivity index (χ0v) is 3.85. The van der Waals surface area contributed by atoms with Crippen molar-refractivity contribution in [2.24, 2.45) is 0 Å². The maximum absolute atomic E-state index is 9.92. The summed E-state index contributed by atoms with van der Waals surface area (Å²) in [4.78, 5) is 9.92. The summed E-state index contributed by atoms with van der Waals surface area (Å²) in [5.41, 5.74) is 0. The summed E-state index contributed by atoms with van der Waals surface area (Å²) in [5.74, 6) is 0. The van der Waals surface area contributed by atoms with Crippen molar-refractivity contribution in [3.8, 4) is 0 Å². The Kier molecular flexibility index (Phi) is 0.957. The topological polar surface area (TPSA) is 68.0 Å². The summed E-state index contributed by atoms with van der Waals surface area (Å²) in [7, 11) is 0. The van der Waals surface area contributed by atoms with Crippen LogP contribution in [-0.4, -0.2) is 26.2 Å². The van der Waals surface area contributed by atoms with Crippen LogP contribution in [0.5, 0.6) is 0 Å². The van der Waals surface area contributed by atoms with Crippen LogP contribution in [0.1, 0.15) is 0 Å². The molecular formula is C3H3N3O2. The molecule has 0 unspecified atom stereocenters. The highest BCUT2D eigenvalue weighted by Gasteiger charge is 1.96. The molecule has 42 valence electrons. The molecule has 0 amide bonds. The minimum Gasteiger partial charge on any atom is -0.463 e. The molecule has 1 N–H and O–H groups in total. The Hall–Kier alpha value is -1.39. The molecule has 1 aromatic heterocycles. The first-order valence-electron chi connectivity index (χ1n) is 1.90. The number of nitrogens with zero attached hydrogens (tertiary/aromatic N) is 3. The van der Waals surface area contributed by atoms with Gasteiger partial charge in [0, 0.05) is 0 Å². The Morgan fingerprint density at radius 3 is 2.75 bits per heavy atom. The predicted octanol–water partition coefficient (Wildman–Crippen LogP) is -0.196. The van der Waals surface area contributed by atoms with E-state index in [0.717, 1.165) is 4.68 Å². The lowest BCUT2D eigenvalue weighted by atomic mass is 10.9. The molecule has 0 aliphatic carbocycles. The van der Waals surface area contributed by atoms with Gasteiger partial charge in [-0.3, -0.25) is 0 Å². The largest absolute Gasteiger partial charge is 0.463 e. The highest BCUT2D eigenvalue weighted by molar-refractivity contribution is 5.66. The van der Waals surface area contributed by atoms with Crippen LogP contribution in [0.3, 0.4) is 0 Å². The fourth-order valence-electron chi connectivity index (χ4n) is 0.310.